The van der Waals surface area contributed by atoms with E-state index >= 15 is 0 Å². The van der Waals surface area contributed by atoms with E-state index in [2.05, 4.69) is 15.6 Å². The zero-order valence-corrected chi connectivity index (χ0v) is 14.1. The van der Waals surface area contributed by atoms with Gasteiger partial charge in [-0.25, -0.2) is 13.9 Å². The molecule has 0 bridgehead atoms. The van der Waals surface area contributed by atoms with Crippen LogP contribution in [0.15, 0.2) is 30.6 Å². The molecule has 0 unspecified atom stereocenters. The fourth-order valence-electron chi connectivity index (χ4n) is 2.39. The Hall–Kier alpha value is -2.39. The van der Waals surface area contributed by atoms with Crippen molar-refractivity contribution in [3.8, 4) is 5.69 Å². The molecule has 11 heteroatoms. The van der Waals surface area contributed by atoms with Crippen molar-refractivity contribution in [3.05, 3.63) is 36.4 Å². The maximum Gasteiger partial charge on any atom is 0.414 e. The van der Waals surface area contributed by atoms with Crippen molar-refractivity contribution in [2.75, 3.05) is 18.1 Å². The number of anilines is 1. The lowest BCUT2D eigenvalue weighted by atomic mass is 10.2. The summed E-state index contributed by atoms with van der Waals surface area (Å²) >= 11 is 10.9. The van der Waals surface area contributed by atoms with Crippen LogP contribution in [0.5, 0.6) is 0 Å². The minimum absolute atomic E-state index is 0.0425. The minimum atomic E-state index is -1.22. The van der Waals surface area contributed by atoms with Crippen molar-refractivity contribution < 1.29 is 18.7 Å². The van der Waals surface area contributed by atoms with Gasteiger partial charge in [-0.05, 0) is 18.2 Å². The number of benzene rings is 1. The Kier molecular flexibility index (Phi) is 5.05. The van der Waals surface area contributed by atoms with Crippen LogP contribution >= 0.6 is 23.2 Å². The van der Waals surface area contributed by atoms with E-state index in [1.807, 2.05) is 0 Å². The summed E-state index contributed by atoms with van der Waals surface area (Å²) in [6, 6.07) is 3.69. The molecule has 8 nitrogen and oxygen atoms in total. The summed E-state index contributed by atoms with van der Waals surface area (Å²) in [5.41, 5.74) is 0.474. The van der Waals surface area contributed by atoms with Crippen LogP contribution in [0.2, 0.25) is 0 Å². The molecule has 1 atom stereocenters. The molecule has 2 heterocycles. The van der Waals surface area contributed by atoms with Gasteiger partial charge in [-0.2, -0.15) is 0 Å². The van der Waals surface area contributed by atoms with Gasteiger partial charge in [-0.3, -0.25) is 9.69 Å². The first-order chi connectivity index (χ1) is 12.0. The lowest BCUT2D eigenvalue weighted by Crippen LogP contribution is -2.44. The van der Waals surface area contributed by atoms with Gasteiger partial charge >= 0.3 is 6.09 Å². The first-order valence-electron chi connectivity index (χ1n) is 7.15. The van der Waals surface area contributed by atoms with Crippen LogP contribution in [0.4, 0.5) is 14.9 Å². The second kappa shape index (κ2) is 7.24. The molecule has 1 N–H and O–H groups in total. The summed E-state index contributed by atoms with van der Waals surface area (Å²) < 4.78 is 20.6. The first kappa shape index (κ1) is 17.4. The van der Waals surface area contributed by atoms with Crippen LogP contribution in [0.3, 0.4) is 0 Å². The third-order valence-electron chi connectivity index (χ3n) is 3.55. The van der Waals surface area contributed by atoms with Gasteiger partial charge in [0.15, 0.2) is 10.7 Å². The van der Waals surface area contributed by atoms with Crippen molar-refractivity contribution in [1.82, 2.24) is 20.3 Å². The third kappa shape index (κ3) is 3.67. The molecule has 1 aromatic heterocycles. The summed E-state index contributed by atoms with van der Waals surface area (Å²) in [6.45, 7) is 0.105. The molecule has 0 saturated carbocycles. The van der Waals surface area contributed by atoms with Gasteiger partial charge in [0.05, 0.1) is 24.1 Å². The molecule has 3 rings (SSSR count). The molecule has 1 aromatic carbocycles. The SMILES string of the molecule is O=C(NC[C@H]1COC(=O)N1c1ccc(-n2ccnn2)c(F)c1)C(Cl)Cl. The van der Waals surface area contributed by atoms with E-state index in [9.17, 15) is 14.0 Å². The summed E-state index contributed by atoms with van der Waals surface area (Å²) in [4.78, 5) is 23.5. The van der Waals surface area contributed by atoms with Crippen LogP contribution in [-0.4, -0.2) is 51.0 Å². The predicted octanol–water partition coefficient (Wildman–Crippen LogP) is 1.65. The minimum Gasteiger partial charge on any atom is -0.447 e. The van der Waals surface area contributed by atoms with Crippen LogP contribution < -0.4 is 10.2 Å². The number of nitrogens with one attached hydrogen (secondary N) is 1. The number of hydrogen-bond donors (Lipinski definition) is 1. The van der Waals surface area contributed by atoms with E-state index in [1.54, 1.807) is 6.07 Å². The first-order valence-corrected chi connectivity index (χ1v) is 8.02. The largest absolute Gasteiger partial charge is 0.447 e. The quantitative estimate of drug-likeness (QED) is 0.787. The highest BCUT2D eigenvalue weighted by molar-refractivity contribution is 6.53. The molecule has 25 heavy (non-hydrogen) atoms. The van der Waals surface area contributed by atoms with Gasteiger partial charge in [0.25, 0.3) is 5.91 Å². The molecule has 1 saturated heterocycles. The Balaban J connectivity index is 1.79. The lowest BCUT2D eigenvalue weighted by Gasteiger charge is -2.22. The molecule has 2 aromatic rings. The van der Waals surface area contributed by atoms with Crippen LogP contribution in [-0.2, 0) is 9.53 Å². The summed E-state index contributed by atoms with van der Waals surface area (Å²) in [6.07, 6.45) is 2.28. The Labute approximate surface area is 151 Å². The van der Waals surface area contributed by atoms with Gasteiger partial charge in [-0.1, -0.05) is 28.4 Å². The van der Waals surface area contributed by atoms with Crippen molar-refractivity contribution in [2.45, 2.75) is 10.9 Å². The summed E-state index contributed by atoms with van der Waals surface area (Å²) in [7, 11) is 0. The fourth-order valence-corrected chi connectivity index (χ4v) is 2.55. The maximum atomic E-state index is 14.4. The van der Waals surface area contributed by atoms with Crippen LogP contribution in [0.25, 0.3) is 5.69 Å². The van der Waals surface area contributed by atoms with E-state index in [1.165, 1.54) is 34.1 Å². The Morgan fingerprint density at radius 1 is 1.48 bits per heavy atom. The van der Waals surface area contributed by atoms with Gasteiger partial charge in [0.1, 0.15) is 12.3 Å². The van der Waals surface area contributed by atoms with Crippen LogP contribution in [0.1, 0.15) is 0 Å². The fraction of sp³-hybridized carbons (Fsp3) is 0.286. The van der Waals surface area contributed by atoms with Crippen molar-refractivity contribution in [3.63, 3.8) is 0 Å². The molecule has 1 aliphatic rings. The average Bonchev–Trinajstić information content (AvgIpc) is 3.22. The maximum absolute atomic E-state index is 14.4. The van der Waals surface area contributed by atoms with Gasteiger partial charge in [0, 0.05) is 6.54 Å². The summed E-state index contributed by atoms with van der Waals surface area (Å²) in [5, 5.41) is 9.84. The molecular formula is C14H12Cl2FN5O3. The molecule has 1 fully saturated rings. The molecule has 132 valence electrons. The smallest absolute Gasteiger partial charge is 0.414 e. The van der Waals surface area contributed by atoms with E-state index in [-0.39, 0.29) is 24.5 Å². The third-order valence-corrected chi connectivity index (χ3v) is 3.95. The molecule has 0 radical (unpaired) electrons. The standard InChI is InChI=1S/C14H12Cl2FN5O3/c15-12(16)13(23)18-6-9-7-25-14(24)22(9)8-1-2-11(10(17)5-8)21-4-3-19-20-21/h1-5,9,12H,6-7H2,(H,18,23)/t9-/m0/s1. The zero-order chi connectivity index (χ0) is 18.0. The highest BCUT2D eigenvalue weighted by Crippen LogP contribution is 2.26. The highest BCUT2D eigenvalue weighted by atomic mass is 35.5. The molecule has 0 spiro atoms. The normalized spacial score (nSPS) is 17.0. The second-order valence-corrected chi connectivity index (χ2v) is 6.23. The number of carbonyl (C=O) groups excluding carboxylic acids is 2. The monoisotopic (exact) mass is 387 g/mol. The number of ether oxygens (including phenoxy) is 1. The number of aromatic nitrogens is 3. The Morgan fingerprint density at radius 3 is 2.92 bits per heavy atom. The zero-order valence-electron chi connectivity index (χ0n) is 12.6. The molecular weight excluding hydrogens is 376 g/mol. The molecule has 2 amide bonds. The highest BCUT2D eigenvalue weighted by Gasteiger charge is 2.35. The number of nitrogens with zero attached hydrogens (tertiary/aromatic N) is 4. The van der Waals surface area contributed by atoms with Gasteiger partial charge in [0.2, 0.25) is 0 Å². The Morgan fingerprint density at radius 2 is 2.28 bits per heavy atom. The number of hydrogen-bond acceptors (Lipinski definition) is 5. The van der Waals surface area contributed by atoms with Gasteiger partial charge < -0.3 is 10.1 Å². The number of halogens is 3. The van der Waals surface area contributed by atoms with Crippen molar-refractivity contribution in [1.29, 1.82) is 0 Å². The molecule has 1 aliphatic heterocycles. The number of carbonyl (C=O) groups is 2. The van der Waals surface area contributed by atoms with E-state index in [0.717, 1.165) is 0 Å². The number of rotatable bonds is 5. The number of alkyl halides is 2. The van der Waals surface area contributed by atoms with Crippen LogP contribution in [0, 0.1) is 5.82 Å². The topological polar surface area (TPSA) is 89.4 Å². The predicted molar refractivity (Wildman–Crippen MR) is 87.4 cm³/mol. The van der Waals surface area contributed by atoms with E-state index in [4.69, 9.17) is 27.9 Å². The Bertz CT molecular complexity index is 787. The average molecular weight is 388 g/mol. The second-order valence-electron chi connectivity index (χ2n) is 5.13. The lowest BCUT2D eigenvalue weighted by molar-refractivity contribution is -0.119. The van der Waals surface area contributed by atoms with Gasteiger partial charge in [-0.15, -0.1) is 5.10 Å². The van der Waals surface area contributed by atoms with E-state index < -0.39 is 28.7 Å². The van der Waals surface area contributed by atoms with E-state index in [0.29, 0.717) is 0 Å². The van der Waals surface area contributed by atoms with Crippen molar-refractivity contribution >= 4 is 40.9 Å². The number of amides is 2. The molecule has 0 aliphatic carbocycles. The summed E-state index contributed by atoms with van der Waals surface area (Å²) in [5.74, 6) is -1.18. The van der Waals surface area contributed by atoms with Crippen molar-refractivity contribution in [2.24, 2.45) is 0 Å². The number of cyclic esters (lactones) is 1.